The Kier molecular flexibility index (Phi) is 6.97. The lowest BCUT2D eigenvalue weighted by molar-refractivity contribution is 1.44. The zero-order chi connectivity index (χ0) is 19.1. The first-order valence-electron chi connectivity index (χ1n) is 9.71. The van der Waals surface area contributed by atoms with Crippen LogP contribution in [0, 0.1) is 13.8 Å². The zero-order valence-electron chi connectivity index (χ0n) is 16.9. The maximum Gasteiger partial charge on any atom is -0.0145 e. The van der Waals surface area contributed by atoms with Crippen LogP contribution in [-0.2, 0) is 0 Å². The van der Waals surface area contributed by atoms with Crippen molar-refractivity contribution in [2.45, 2.75) is 41.5 Å². The van der Waals surface area contributed by atoms with Gasteiger partial charge in [0.05, 0.1) is 0 Å². The lowest BCUT2D eigenvalue weighted by atomic mass is 9.92. The third-order valence-corrected chi connectivity index (χ3v) is 4.48. The van der Waals surface area contributed by atoms with Crippen LogP contribution in [0.1, 0.15) is 38.8 Å². The highest BCUT2D eigenvalue weighted by atomic mass is 14.1. The lowest BCUT2D eigenvalue weighted by Crippen LogP contribution is -1.89. The molecule has 0 spiro atoms. The summed E-state index contributed by atoms with van der Waals surface area (Å²) in [5.74, 6) is 0. The minimum Gasteiger partial charge on any atom is -0.0683 e. The van der Waals surface area contributed by atoms with Gasteiger partial charge in [0.25, 0.3) is 0 Å². The number of hydrogen-bond donors (Lipinski definition) is 0. The first-order chi connectivity index (χ1) is 12.7. The van der Waals surface area contributed by atoms with Gasteiger partial charge < -0.3 is 0 Å². The van der Waals surface area contributed by atoms with E-state index in [0.29, 0.717) is 0 Å². The summed E-state index contributed by atoms with van der Waals surface area (Å²) in [6.45, 7) is 12.4. The van der Waals surface area contributed by atoms with Crippen molar-refractivity contribution in [1.82, 2.24) is 0 Å². The first kappa shape index (κ1) is 19.7. The van der Waals surface area contributed by atoms with Crippen molar-refractivity contribution < 1.29 is 0 Å². The Labute approximate surface area is 158 Å². The maximum atomic E-state index is 2.32. The van der Waals surface area contributed by atoms with Gasteiger partial charge >= 0.3 is 0 Å². The van der Waals surface area contributed by atoms with E-state index in [-0.39, 0.29) is 0 Å². The van der Waals surface area contributed by atoms with E-state index in [0.717, 1.165) is 0 Å². The van der Waals surface area contributed by atoms with Crippen LogP contribution in [0.2, 0.25) is 0 Å². The molecule has 0 N–H and O–H groups in total. The number of hydrogen-bond acceptors (Lipinski definition) is 0. The fraction of sp³-hybridized carbons (Fsp3) is 0.231. The minimum absolute atomic E-state index is 1.30. The van der Waals surface area contributed by atoms with Crippen molar-refractivity contribution in [3.05, 3.63) is 83.9 Å². The zero-order valence-corrected chi connectivity index (χ0v) is 16.9. The second-order valence-electron chi connectivity index (χ2n) is 6.03. The monoisotopic (exact) mass is 342 g/mol. The summed E-state index contributed by atoms with van der Waals surface area (Å²) in [4.78, 5) is 0. The number of aryl methyl sites for hydroxylation is 2. The van der Waals surface area contributed by atoms with E-state index in [9.17, 15) is 0 Å². The standard InChI is InChI=1S/C22H18.2C2H6/c1-15-11-17-7-3-5-9-19(17)13-21(15)22-14-20-10-6-4-8-18(20)12-16(22)2;2*1-2/h3-14H,1-2H3;2*1-2H3. The Hall–Kier alpha value is -2.60. The molecule has 134 valence electrons. The van der Waals surface area contributed by atoms with Gasteiger partial charge in [-0.1, -0.05) is 88.4 Å². The van der Waals surface area contributed by atoms with Crippen LogP contribution in [0.3, 0.4) is 0 Å². The Balaban J connectivity index is 0.000000570. The number of fused-ring (bicyclic) bond motifs is 2. The van der Waals surface area contributed by atoms with E-state index in [2.05, 4.69) is 86.6 Å². The van der Waals surface area contributed by atoms with E-state index in [1.165, 1.54) is 43.8 Å². The molecule has 4 aromatic rings. The minimum atomic E-state index is 1.30. The highest BCUT2D eigenvalue weighted by molar-refractivity contribution is 5.93. The molecule has 0 aliphatic heterocycles. The van der Waals surface area contributed by atoms with Crippen molar-refractivity contribution in [2.75, 3.05) is 0 Å². The molecule has 0 saturated carbocycles. The molecular formula is C26H30. The van der Waals surface area contributed by atoms with Gasteiger partial charge in [-0.05, 0) is 69.8 Å². The maximum absolute atomic E-state index is 2.32. The fourth-order valence-corrected chi connectivity index (χ4v) is 3.29. The average Bonchev–Trinajstić information content (AvgIpc) is 2.70. The van der Waals surface area contributed by atoms with Crippen LogP contribution in [0.25, 0.3) is 32.7 Å². The van der Waals surface area contributed by atoms with Gasteiger partial charge in [-0.25, -0.2) is 0 Å². The molecular weight excluding hydrogens is 312 g/mol. The highest BCUT2D eigenvalue weighted by Gasteiger charge is 2.08. The topological polar surface area (TPSA) is 0 Å². The van der Waals surface area contributed by atoms with E-state index in [4.69, 9.17) is 0 Å². The molecule has 0 atom stereocenters. The molecule has 0 aromatic heterocycles. The van der Waals surface area contributed by atoms with Gasteiger partial charge in [-0.15, -0.1) is 0 Å². The average molecular weight is 343 g/mol. The molecule has 4 aromatic carbocycles. The summed E-state index contributed by atoms with van der Waals surface area (Å²) in [6, 6.07) is 26.4. The Morgan fingerprint density at radius 1 is 0.423 bits per heavy atom. The molecule has 0 amide bonds. The van der Waals surface area contributed by atoms with Crippen LogP contribution in [0.5, 0.6) is 0 Å². The Bertz CT molecular complexity index is 910. The van der Waals surface area contributed by atoms with Crippen molar-refractivity contribution in [2.24, 2.45) is 0 Å². The highest BCUT2D eigenvalue weighted by Crippen LogP contribution is 2.33. The summed E-state index contributed by atoms with van der Waals surface area (Å²) < 4.78 is 0. The molecule has 0 unspecified atom stereocenters. The molecule has 4 rings (SSSR count). The number of rotatable bonds is 1. The molecule has 0 bridgehead atoms. The number of benzene rings is 4. The Morgan fingerprint density at radius 2 is 0.692 bits per heavy atom. The predicted octanol–water partition coefficient (Wildman–Crippen LogP) is 8.33. The van der Waals surface area contributed by atoms with Crippen LogP contribution >= 0.6 is 0 Å². The summed E-state index contributed by atoms with van der Waals surface area (Å²) >= 11 is 0. The molecule has 0 aliphatic carbocycles. The van der Waals surface area contributed by atoms with Crippen LogP contribution in [0.15, 0.2) is 72.8 Å². The molecule has 0 aliphatic rings. The molecule has 26 heavy (non-hydrogen) atoms. The van der Waals surface area contributed by atoms with Gasteiger partial charge in [-0.2, -0.15) is 0 Å². The molecule has 0 heterocycles. The smallest absolute Gasteiger partial charge is 0.0145 e. The van der Waals surface area contributed by atoms with Crippen molar-refractivity contribution in [3.8, 4) is 11.1 Å². The van der Waals surface area contributed by atoms with E-state index in [1.54, 1.807) is 0 Å². The van der Waals surface area contributed by atoms with Gasteiger partial charge in [0.15, 0.2) is 0 Å². The van der Waals surface area contributed by atoms with E-state index < -0.39 is 0 Å². The lowest BCUT2D eigenvalue weighted by Gasteiger charge is -2.13. The van der Waals surface area contributed by atoms with E-state index >= 15 is 0 Å². The second kappa shape index (κ2) is 9.20. The summed E-state index contributed by atoms with van der Waals surface area (Å²) in [7, 11) is 0. The quantitative estimate of drug-likeness (QED) is 0.326. The largest absolute Gasteiger partial charge is 0.0683 e. The summed E-state index contributed by atoms with van der Waals surface area (Å²) in [6.07, 6.45) is 0. The third kappa shape index (κ3) is 3.96. The molecule has 0 radical (unpaired) electrons. The van der Waals surface area contributed by atoms with Crippen LogP contribution < -0.4 is 0 Å². The Morgan fingerprint density at radius 3 is 1.00 bits per heavy atom. The normalized spacial score (nSPS) is 9.92. The van der Waals surface area contributed by atoms with Crippen molar-refractivity contribution in [3.63, 3.8) is 0 Å². The van der Waals surface area contributed by atoms with Gasteiger partial charge in [0.2, 0.25) is 0 Å². The van der Waals surface area contributed by atoms with Crippen LogP contribution in [0.4, 0.5) is 0 Å². The van der Waals surface area contributed by atoms with E-state index in [1.807, 2.05) is 27.7 Å². The SMILES string of the molecule is CC.CC.Cc1cc2ccccc2cc1-c1cc2ccccc2cc1C. The molecule has 0 saturated heterocycles. The second-order valence-corrected chi connectivity index (χ2v) is 6.03. The van der Waals surface area contributed by atoms with Crippen molar-refractivity contribution >= 4 is 21.5 Å². The van der Waals surface area contributed by atoms with Gasteiger partial charge in [0.1, 0.15) is 0 Å². The fourth-order valence-electron chi connectivity index (χ4n) is 3.29. The van der Waals surface area contributed by atoms with Crippen molar-refractivity contribution in [1.29, 1.82) is 0 Å². The molecule has 0 fully saturated rings. The molecule has 0 heteroatoms. The summed E-state index contributed by atoms with van der Waals surface area (Å²) in [5, 5.41) is 5.22. The van der Waals surface area contributed by atoms with Gasteiger partial charge in [0, 0.05) is 0 Å². The predicted molar refractivity (Wildman–Crippen MR) is 119 cm³/mol. The van der Waals surface area contributed by atoms with Crippen LogP contribution in [-0.4, -0.2) is 0 Å². The molecule has 0 nitrogen and oxygen atoms in total. The van der Waals surface area contributed by atoms with Gasteiger partial charge in [-0.3, -0.25) is 0 Å². The first-order valence-corrected chi connectivity index (χ1v) is 9.71. The summed E-state index contributed by atoms with van der Waals surface area (Å²) in [5.41, 5.74) is 5.33. The third-order valence-electron chi connectivity index (χ3n) is 4.48.